The Morgan fingerprint density at radius 2 is 2.00 bits per heavy atom. The zero-order valence-corrected chi connectivity index (χ0v) is 6.65. The van der Waals surface area contributed by atoms with E-state index < -0.39 is 0 Å². The Labute approximate surface area is 66.7 Å². The molecule has 0 aromatic heterocycles. The van der Waals surface area contributed by atoms with Gasteiger partial charge in [0.05, 0.1) is 12.1 Å². The van der Waals surface area contributed by atoms with Gasteiger partial charge < -0.3 is 10.1 Å². The Hall–Kier alpha value is -0.160. The molecule has 0 bridgehead atoms. The third-order valence-corrected chi connectivity index (χ3v) is 2.47. The standard InChI is InChI=1S/C7H15N3O/c1-3-8-4-2-7(1)5-11-6-9-10-7/h8-10H,1-6H2. The predicted molar refractivity (Wildman–Crippen MR) is 41.9 cm³/mol. The molecule has 1 spiro atoms. The van der Waals surface area contributed by atoms with E-state index in [1.165, 1.54) is 0 Å². The van der Waals surface area contributed by atoms with Crippen molar-refractivity contribution < 1.29 is 4.74 Å². The van der Waals surface area contributed by atoms with Crippen molar-refractivity contribution in [3.63, 3.8) is 0 Å². The first-order valence-electron chi connectivity index (χ1n) is 4.20. The molecule has 2 aliphatic rings. The largest absolute Gasteiger partial charge is 0.363 e. The van der Waals surface area contributed by atoms with Crippen LogP contribution in [-0.4, -0.2) is 32.0 Å². The molecule has 4 heteroatoms. The third kappa shape index (κ3) is 1.54. The van der Waals surface area contributed by atoms with Crippen LogP contribution in [0.1, 0.15) is 12.8 Å². The van der Waals surface area contributed by atoms with Crippen molar-refractivity contribution >= 4 is 0 Å². The molecule has 0 saturated carbocycles. The van der Waals surface area contributed by atoms with E-state index in [1.54, 1.807) is 0 Å². The number of rotatable bonds is 0. The van der Waals surface area contributed by atoms with E-state index in [2.05, 4.69) is 16.2 Å². The lowest BCUT2D eigenvalue weighted by atomic mass is 9.90. The molecule has 64 valence electrons. The van der Waals surface area contributed by atoms with Crippen LogP contribution in [0.25, 0.3) is 0 Å². The van der Waals surface area contributed by atoms with Gasteiger partial charge in [-0.2, -0.15) is 0 Å². The number of hydrazine groups is 1. The second-order valence-electron chi connectivity index (χ2n) is 3.32. The van der Waals surface area contributed by atoms with Gasteiger partial charge in [-0.25, -0.2) is 10.9 Å². The van der Waals surface area contributed by atoms with Gasteiger partial charge in [0.1, 0.15) is 6.73 Å². The van der Waals surface area contributed by atoms with Gasteiger partial charge in [0.2, 0.25) is 0 Å². The average Bonchev–Trinajstić information content (AvgIpc) is 2.07. The molecular weight excluding hydrogens is 142 g/mol. The zero-order chi connectivity index (χ0) is 7.57. The molecule has 3 N–H and O–H groups in total. The van der Waals surface area contributed by atoms with Gasteiger partial charge in [0.15, 0.2) is 0 Å². The molecule has 0 unspecified atom stereocenters. The van der Waals surface area contributed by atoms with Crippen molar-refractivity contribution in [2.75, 3.05) is 26.4 Å². The van der Waals surface area contributed by atoms with Crippen LogP contribution in [0.15, 0.2) is 0 Å². The Bertz CT molecular complexity index is 108. The summed E-state index contributed by atoms with van der Waals surface area (Å²) in [6.07, 6.45) is 2.31. The Balaban J connectivity index is 1.94. The molecule has 4 nitrogen and oxygen atoms in total. The minimum Gasteiger partial charge on any atom is -0.363 e. The SMILES string of the molecule is C1CC2(CCN1)COCNN2. The summed E-state index contributed by atoms with van der Waals surface area (Å²) in [6.45, 7) is 3.67. The Morgan fingerprint density at radius 1 is 1.18 bits per heavy atom. The summed E-state index contributed by atoms with van der Waals surface area (Å²) in [5.41, 5.74) is 6.58. The summed E-state index contributed by atoms with van der Waals surface area (Å²) in [5.74, 6) is 0. The lowest BCUT2D eigenvalue weighted by Crippen LogP contribution is -2.63. The van der Waals surface area contributed by atoms with E-state index in [-0.39, 0.29) is 5.54 Å². The van der Waals surface area contributed by atoms with Crippen molar-refractivity contribution in [2.45, 2.75) is 18.4 Å². The lowest BCUT2D eigenvalue weighted by molar-refractivity contribution is -0.0218. The van der Waals surface area contributed by atoms with Crippen molar-refractivity contribution in [1.29, 1.82) is 0 Å². The maximum Gasteiger partial charge on any atom is 0.109 e. The molecule has 2 saturated heterocycles. The van der Waals surface area contributed by atoms with Crippen LogP contribution in [-0.2, 0) is 4.74 Å². The molecule has 0 aromatic carbocycles. The van der Waals surface area contributed by atoms with E-state index in [4.69, 9.17) is 4.74 Å². The highest BCUT2D eigenvalue weighted by Gasteiger charge is 2.33. The molecule has 0 radical (unpaired) electrons. The molecule has 0 amide bonds. The number of piperidine rings is 1. The Kier molecular flexibility index (Phi) is 2.09. The summed E-state index contributed by atoms with van der Waals surface area (Å²) >= 11 is 0. The first-order chi connectivity index (χ1) is 5.41. The van der Waals surface area contributed by atoms with Gasteiger partial charge in [-0.3, -0.25) is 0 Å². The second-order valence-corrected chi connectivity index (χ2v) is 3.32. The summed E-state index contributed by atoms with van der Waals surface area (Å²) in [4.78, 5) is 0. The molecule has 0 atom stereocenters. The van der Waals surface area contributed by atoms with Crippen molar-refractivity contribution in [1.82, 2.24) is 16.2 Å². The maximum absolute atomic E-state index is 5.36. The molecule has 0 aliphatic carbocycles. The quantitative estimate of drug-likeness (QED) is 0.430. The number of hydrogen-bond acceptors (Lipinski definition) is 4. The van der Waals surface area contributed by atoms with E-state index in [0.717, 1.165) is 32.5 Å². The van der Waals surface area contributed by atoms with Gasteiger partial charge in [-0.05, 0) is 25.9 Å². The average molecular weight is 157 g/mol. The van der Waals surface area contributed by atoms with Crippen LogP contribution in [0.4, 0.5) is 0 Å². The molecule has 0 aromatic rings. The normalized spacial score (nSPS) is 30.5. The maximum atomic E-state index is 5.36. The summed E-state index contributed by atoms with van der Waals surface area (Å²) in [6, 6.07) is 0. The van der Waals surface area contributed by atoms with Gasteiger partial charge in [-0.15, -0.1) is 0 Å². The fourth-order valence-electron chi connectivity index (χ4n) is 1.73. The highest BCUT2D eigenvalue weighted by molar-refractivity contribution is 4.92. The van der Waals surface area contributed by atoms with Gasteiger partial charge in [-0.1, -0.05) is 0 Å². The second kappa shape index (κ2) is 3.06. The number of hydrogen-bond donors (Lipinski definition) is 3. The van der Waals surface area contributed by atoms with E-state index >= 15 is 0 Å². The first kappa shape index (κ1) is 7.49. The van der Waals surface area contributed by atoms with Gasteiger partial charge in [0.25, 0.3) is 0 Å². The minimum atomic E-state index is 0.212. The van der Waals surface area contributed by atoms with Gasteiger partial charge >= 0.3 is 0 Å². The van der Waals surface area contributed by atoms with Crippen molar-refractivity contribution in [3.8, 4) is 0 Å². The molecule has 2 fully saturated rings. The van der Waals surface area contributed by atoms with E-state index in [0.29, 0.717) is 6.73 Å². The van der Waals surface area contributed by atoms with E-state index in [9.17, 15) is 0 Å². The molecule has 2 rings (SSSR count). The smallest absolute Gasteiger partial charge is 0.109 e. The van der Waals surface area contributed by atoms with E-state index in [1.807, 2.05) is 0 Å². The monoisotopic (exact) mass is 157 g/mol. The first-order valence-corrected chi connectivity index (χ1v) is 4.20. The van der Waals surface area contributed by atoms with Crippen LogP contribution >= 0.6 is 0 Å². The summed E-state index contributed by atoms with van der Waals surface area (Å²) < 4.78 is 5.36. The fourth-order valence-corrected chi connectivity index (χ4v) is 1.73. The Morgan fingerprint density at radius 3 is 2.64 bits per heavy atom. The van der Waals surface area contributed by atoms with Crippen molar-refractivity contribution in [3.05, 3.63) is 0 Å². The zero-order valence-electron chi connectivity index (χ0n) is 6.65. The molecule has 11 heavy (non-hydrogen) atoms. The van der Waals surface area contributed by atoms with Crippen LogP contribution in [0.2, 0.25) is 0 Å². The number of nitrogens with one attached hydrogen (secondary N) is 3. The third-order valence-electron chi connectivity index (χ3n) is 2.47. The fraction of sp³-hybridized carbons (Fsp3) is 1.00. The number of ether oxygens (including phenoxy) is 1. The highest BCUT2D eigenvalue weighted by atomic mass is 16.5. The van der Waals surface area contributed by atoms with Crippen LogP contribution in [0, 0.1) is 0 Å². The molecular formula is C7H15N3O. The van der Waals surface area contributed by atoms with Crippen LogP contribution in [0.5, 0.6) is 0 Å². The minimum absolute atomic E-state index is 0.212. The van der Waals surface area contributed by atoms with Crippen molar-refractivity contribution in [2.24, 2.45) is 0 Å². The highest BCUT2D eigenvalue weighted by Crippen LogP contribution is 2.19. The predicted octanol–water partition coefficient (Wildman–Crippen LogP) is -0.809. The molecule has 2 aliphatic heterocycles. The van der Waals surface area contributed by atoms with Crippen LogP contribution in [0.3, 0.4) is 0 Å². The lowest BCUT2D eigenvalue weighted by Gasteiger charge is -2.41. The summed E-state index contributed by atoms with van der Waals surface area (Å²) in [7, 11) is 0. The molecule has 2 heterocycles. The topological polar surface area (TPSA) is 45.3 Å². The van der Waals surface area contributed by atoms with Crippen LogP contribution < -0.4 is 16.2 Å². The summed E-state index contributed by atoms with van der Waals surface area (Å²) in [5, 5.41) is 3.33. The van der Waals surface area contributed by atoms with Gasteiger partial charge in [0, 0.05) is 0 Å².